The minimum atomic E-state index is -0.0503. The van der Waals surface area contributed by atoms with Crippen molar-refractivity contribution >= 4 is 17.7 Å². The van der Waals surface area contributed by atoms with Crippen molar-refractivity contribution in [3.05, 3.63) is 65.5 Å². The van der Waals surface area contributed by atoms with Crippen LogP contribution in [0.3, 0.4) is 0 Å². The molecule has 0 fully saturated rings. The summed E-state index contributed by atoms with van der Waals surface area (Å²) in [6, 6.07) is 15.6. The van der Waals surface area contributed by atoms with Gasteiger partial charge in [-0.25, -0.2) is 4.68 Å². The molecule has 0 aliphatic carbocycles. The number of nitrogens with two attached hydrogens (primary N) is 1. The molecule has 0 atom stereocenters. The number of methoxy groups -OCH3 is 1. The van der Waals surface area contributed by atoms with Crippen molar-refractivity contribution in [1.82, 2.24) is 19.8 Å². The quantitative estimate of drug-likeness (QED) is 0.378. The van der Waals surface area contributed by atoms with E-state index in [4.69, 9.17) is 15.3 Å². The zero-order valence-corrected chi connectivity index (χ0v) is 20.6. The predicted molar refractivity (Wildman–Crippen MR) is 130 cm³/mol. The number of nitrogen functional groups attached to an aromatic ring is 1. The normalized spacial score (nSPS) is 11.3. The Hall–Kier alpha value is -3.20. The van der Waals surface area contributed by atoms with Gasteiger partial charge in [0.15, 0.2) is 5.82 Å². The Morgan fingerprint density at radius 1 is 1.12 bits per heavy atom. The van der Waals surface area contributed by atoms with E-state index in [0.717, 1.165) is 17.1 Å². The van der Waals surface area contributed by atoms with E-state index < -0.39 is 0 Å². The molecule has 3 aromatic rings. The number of rotatable bonds is 9. The summed E-state index contributed by atoms with van der Waals surface area (Å²) >= 11 is 1.24. The minimum Gasteiger partial charge on any atom is -0.496 e. The van der Waals surface area contributed by atoms with Crippen LogP contribution < -0.4 is 15.3 Å². The Morgan fingerprint density at radius 3 is 2.48 bits per heavy atom. The Bertz CT molecular complexity index is 1080. The summed E-state index contributed by atoms with van der Waals surface area (Å²) in [5, 5.41) is 8.65. The second-order valence-electron chi connectivity index (χ2n) is 8.68. The average molecular weight is 470 g/mol. The lowest BCUT2D eigenvalue weighted by Gasteiger charge is -2.19. The molecule has 0 saturated heterocycles. The Balaban J connectivity index is 1.52. The third kappa shape index (κ3) is 6.41. The van der Waals surface area contributed by atoms with E-state index in [-0.39, 0.29) is 23.7 Å². The third-order valence-corrected chi connectivity index (χ3v) is 6.10. The van der Waals surface area contributed by atoms with Gasteiger partial charge in [-0.2, -0.15) is 0 Å². The molecule has 0 aliphatic heterocycles. The van der Waals surface area contributed by atoms with E-state index in [1.165, 1.54) is 22.0 Å². The molecule has 0 unspecified atom stereocenters. The standard InChI is InChI=1S/C24H31N5O3S/c1-24(2,3)18-10-12-19(13-11-18)32-15-21-26-27-23(29(21)25)33-16-22(30)28(4)14-17-8-6-7-9-20(17)31-5/h6-13H,14-16,25H2,1-5H3. The van der Waals surface area contributed by atoms with Crippen LogP contribution in [-0.4, -0.2) is 45.6 Å². The van der Waals surface area contributed by atoms with Crippen LogP contribution in [0.2, 0.25) is 0 Å². The van der Waals surface area contributed by atoms with Crippen LogP contribution in [0.1, 0.15) is 37.7 Å². The van der Waals surface area contributed by atoms with Crippen molar-refractivity contribution in [2.24, 2.45) is 0 Å². The first-order valence-electron chi connectivity index (χ1n) is 10.6. The lowest BCUT2D eigenvalue weighted by atomic mass is 9.87. The van der Waals surface area contributed by atoms with Gasteiger partial charge in [-0.1, -0.05) is 62.9 Å². The predicted octanol–water partition coefficient (Wildman–Crippen LogP) is 3.63. The molecule has 33 heavy (non-hydrogen) atoms. The Kier molecular flexibility index (Phi) is 7.86. The van der Waals surface area contributed by atoms with Crippen LogP contribution in [-0.2, 0) is 23.4 Å². The number of amides is 1. The van der Waals surface area contributed by atoms with E-state index in [2.05, 4.69) is 43.1 Å². The van der Waals surface area contributed by atoms with E-state index in [0.29, 0.717) is 17.5 Å². The summed E-state index contributed by atoms with van der Waals surface area (Å²) in [6.45, 7) is 7.13. The number of carbonyl (C=O) groups excluding carboxylic acids is 1. The van der Waals surface area contributed by atoms with E-state index >= 15 is 0 Å². The Morgan fingerprint density at radius 2 is 1.82 bits per heavy atom. The summed E-state index contributed by atoms with van der Waals surface area (Å²) in [5.41, 5.74) is 2.26. The summed E-state index contributed by atoms with van der Waals surface area (Å²) in [6.07, 6.45) is 0. The molecule has 0 aliphatic rings. The van der Waals surface area contributed by atoms with Gasteiger partial charge in [-0.15, -0.1) is 10.2 Å². The van der Waals surface area contributed by atoms with Crippen molar-refractivity contribution in [3.8, 4) is 11.5 Å². The molecule has 2 aromatic carbocycles. The van der Waals surface area contributed by atoms with Crippen LogP contribution in [0.25, 0.3) is 0 Å². The molecule has 3 rings (SSSR count). The smallest absolute Gasteiger partial charge is 0.233 e. The lowest BCUT2D eigenvalue weighted by molar-refractivity contribution is -0.127. The zero-order valence-electron chi connectivity index (χ0n) is 19.7. The van der Waals surface area contributed by atoms with Crippen molar-refractivity contribution in [2.45, 2.75) is 44.5 Å². The van der Waals surface area contributed by atoms with Gasteiger partial charge in [0.1, 0.15) is 18.1 Å². The van der Waals surface area contributed by atoms with Gasteiger partial charge in [0.25, 0.3) is 0 Å². The molecule has 8 nitrogen and oxygen atoms in total. The highest BCUT2D eigenvalue weighted by Gasteiger charge is 2.17. The molecule has 176 valence electrons. The third-order valence-electron chi connectivity index (χ3n) is 5.17. The van der Waals surface area contributed by atoms with Crippen LogP contribution in [0.4, 0.5) is 0 Å². The van der Waals surface area contributed by atoms with E-state index in [9.17, 15) is 4.79 Å². The summed E-state index contributed by atoms with van der Waals surface area (Å²) in [7, 11) is 3.37. The number of hydrogen-bond acceptors (Lipinski definition) is 7. The molecule has 0 saturated carbocycles. The molecule has 9 heteroatoms. The molecular formula is C24H31N5O3S. The Labute approximate surface area is 199 Å². The van der Waals surface area contributed by atoms with Crippen LogP contribution >= 0.6 is 11.8 Å². The van der Waals surface area contributed by atoms with Crippen molar-refractivity contribution in [1.29, 1.82) is 0 Å². The van der Waals surface area contributed by atoms with Gasteiger partial charge in [0.2, 0.25) is 11.1 Å². The van der Waals surface area contributed by atoms with Crippen LogP contribution in [0, 0.1) is 0 Å². The maximum Gasteiger partial charge on any atom is 0.233 e. The number of para-hydroxylation sites is 1. The first kappa shape index (κ1) is 24.4. The fourth-order valence-corrected chi connectivity index (χ4v) is 3.93. The van der Waals surface area contributed by atoms with Gasteiger partial charge < -0.3 is 20.2 Å². The van der Waals surface area contributed by atoms with Gasteiger partial charge in [-0.05, 0) is 29.2 Å². The van der Waals surface area contributed by atoms with E-state index in [1.807, 2.05) is 36.4 Å². The van der Waals surface area contributed by atoms with Crippen LogP contribution in [0.5, 0.6) is 11.5 Å². The maximum atomic E-state index is 12.6. The minimum absolute atomic E-state index is 0.0503. The highest BCUT2D eigenvalue weighted by molar-refractivity contribution is 7.99. The topological polar surface area (TPSA) is 95.5 Å². The largest absolute Gasteiger partial charge is 0.496 e. The second kappa shape index (κ2) is 10.6. The fourth-order valence-electron chi connectivity index (χ4n) is 3.12. The molecule has 1 heterocycles. The fraction of sp³-hybridized carbons (Fsp3) is 0.375. The molecular weight excluding hydrogens is 438 g/mol. The molecule has 0 spiro atoms. The summed E-state index contributed by atoms with van der Waals surface area (Å²) in [5.74, 6) is 8.22. The first-order chi connectivity index (χ1) is 15.7. The molecule has 2 N–H and O–H groups in total. The highest BCUT2D eigenvalue weighted by Crippen LogP contribution is 2.25. The number of nitrogens with zero attached hydrogens (tertiary/aromatic N) is 4. The summed E-state index contributed by atoms with van der Waals surface area (Å²) < 4.78 is 12.5. The number of ether oxygens (including phenoxy) is 2. The van der Waals surface area contributed by atoms with E-state index in [1.54, 1.807) is 19.1 Å². The summed E-state index contributed by atoms with van der Waals surface area (Å²) in [4.78, 5) is 14.2. The van der Waals surface area contributed by atoms with Gasteiger partial charge in [0, 0.05) is 19.2 Å². The number of aromatic nitrogens is 3. The number of thioether (sulfide) groups is 1. The first-order valence-corrected chi connectivity index (χ1v) is 11.6. The zero-order chi connectivity index (χ0) is 24.0. The average Bonchev–Trinajstić information content (AvgIpc) is 3.15. The van der Waals surface area contributed by atoms with Crippen molar-refractivity contribution in [3.63, 3.8) is 0 Å². The lowest BCUT2D eigenvalue weighted by Crippen LogP contribution is -2.28. The van der Waals surface area contributed by atoms with Crippen molar-refractivity contribution < 1.29 is 14.3 Å². The maximum absolute atomic E-state index is 12.6. The number of benzene rings is 2. The number of hydrogen-bond donors (Lipinski definition) is 1. The van der Waals surface area contributed by atoms with Crippen molar-refractivity contribution in [2.75, 3.05) is 25.8 Å². The van der Waals surface area contributed by atoms with Gasteiger partial charge in [-0.3, -0.25) is 4.79 Å². The van der Waals surface area contributed by atoms with Gasteiger partial charge in [0.05, 0.1) is 12.9 Å². The highest BCUT2D eigenvalue weighted by atomic mass is 32.2. The number of carbonyl (C=O) groups is 1. The SMILES string of the molecule is COc1ccccc1CN(C)C(=O)CSc1nnc(COc2ccc(C(C)(C)C)cc2)n1N. The van der Waals surface area contributed by atoms with Gasteiger partial charge >= 0.3 is 0 Å². The monoisotopic (exact) mass is 469 g/mol. The molecule has 1 aromatic heterocycles. The molecule has 0 bridgehead atoms. The second-order valence-corrected chi connectivity index (χ2v) is 9.62. The van der Waals surface area contributed by atoms with Crippen LogP contribution in [0.15, 0.2) is 53.7 Å². The molecule has 0 radical (unpaired) electrons. The molecule has 1 amide bonds.